The van der Waals surface area contributed by atoms with Crippen LogP contribution in [0.5, 0.6) is 0 Å². The van der Waals surface area contributed by atoms with Gasteiger partial charge in [0.05, 0.1) is 0 Å². The molecule has 2 N–H and O–H groups in total. The molecule has 0 radical (unpaired) electrons. The first-order valence-corrected chi connectivity index (χ1v) is 15.2. The molecular weight excluding hydrogens is 506 g/mol. The van der Waals surface area contributed by atoms with Gasteiger partial charge in [-0.25, -0.2) is 0 Å². The van der Waals surface area contributed by atoms with E-state index >= 15 is 0 Å². The predicted molar refractivity (Wildman–Crippen MR) is 188 cm³/mol. The van der Waals surface area contributed by atoms with E-state index in [0.717, 1.165) is 31.3 Å². The van der Waals surface area contributed by atoms with Crippen molar-refractivity contribution in [3.8, 4) is 22.3 Å². The molecule has 1 aliphatic rings. The number of hydrogen-bond acceptors (Lipinski definition) is 1. The molecule has 4 aromatic rings. The summed E-state index contributed by atoms with van der Waals surface area (Å²) in [6.07, 6.45) is 16.9. The minimum Gasteiger partial charge on any atom is -0.330 e. The van der Waals surface area contributed by atoms with Crippen LogP contribution < -0.4 is 5.73 Å². The Hall–Kier alpha value is -4.20. The Morgan fingerprint density at radius 1 is 0.929 bits per heavy atom. The lowest BCUT2D eigenvalue weighted by molar-refractivity contribution is 0.749. The summed E-state index contributed by atoms with van der Waals surface area (Å²) in [5.41, 5.74) is 18.9. The topological polar surface area (TPSA) is 26.0 Å². The van der Waals surface area contributed by atoms with Crippen LogP contribution in [0.2, 0.25) is 0 Å². The zero-order valence-electron chi connectivity index (χ0n) is 25.6. The van der Waals surface area contributed by atoms with Crippen molar-refractivity contribution in [2.24, 2.45) is 11.7 Å². The molecule has 214 valence electrons. The number of aryl methyl sites for hydroxylation is 2. The average Bonchev–Trinajstić information content (AvgIpc) is 3.02. The summed E-state index contributed by atoms with van der Waals surface area (Å²) < 4.78 is 0. The number of allylic oxidation sites excluding steroid dienone is 4. The second-order valence-electron chi connectivity index (χ2n) is 11.0. The lowest BCUT2D eigenvalue weighted by atomic mass is 9.79. The first-order chi connectivity index (χ1) is 20.4. The maximum atomic E-state index is 5.70. The van der Waals surface area contributed by atoms with Crippen LogP contribution in [0.15, 0.2) is 116 Å². The van der Waals surface area contributed by atoms with E-state index in [0.29, 0.717) is 12.5 Å². The van der Waals surface area contributed by atoms with Gasteiger partial charge in [0.25, 0.3) is 0 Å². The first kappa shape index (κ1) is 30.8. The summed E-state index contributed by atoms with van der Waals surface area (Å²) in [5, 5.41) is 2.67. The van der Waals surface area contributed by atoms with Gasteiger partial charge in [-0.15, -0.1) is 6.58 Å². The molecule has 0 fully saturated rings. The van der Waals surface area contributed by atoms with Crippen LogP contribution in [-0.2, 0) is 6.42 Å². The normalized spacial score (nSPS) is 12.9. The van der Waals surface area contributed by atoms with Gasteiger partial charge in [0.1, 0.15) is 0 Å². The summed E-state index contributed by atoms with van der Waals surface area (Å²) in [6, 6.07) is 24.6. The van der Waals surface area contributed by atoms with E-state index in [1.54, 1.807) is 6.08 Å². The van der Waals surface area contributed by atoms with Gasteiger partial charge in [0.2, 0.25) is 0 Å². The molecular formula is C41H45N. The minimum atomic E-state index is 0.419. The van der Waals surface area contributed by atoms with Crippen molar-refractivity contribution < 1.29 is 0 Å². The van der Waals surface area contributed by atoms with E-state index in [4.69, 9.17) is 5.73 Å². The Labute approximate surface area is 253 Å². The molecule has 0 bridgehead atoms. The third-order valence-corrected chi connectivity index (χ3v) is 8.28. The fourth-order valence-electron chi connectivity index (χ4n) is 5.87. The van der Waals surface area contributed by atoms with Gasteiger partial charge in [0.15, 0.2) is 0 Å². The fourth-order valence-corrected chi connectivity index (χ4v) is 5.87. The largest absolute Gasteiger partial charge is 0.330 e. The van der Waals surface area contributed by atoms with E-state index < -0.39 is 0 Å². The summed E-state index contributed by atoms with van der Waals surface area (Å²) in [5.74, 6) is 0.419. The summed E-state index contributed by atoms with van der Waals surface area (Å²) in [4.78, 5) is 0. The third-order valence-electron chi connectivity index (χ3n) is 8.28. The average molecular weight is 552 g/mol. The Kier molecular flexibility index (Phi) is 10.7. The molecule has 0 saturated carbocycles. The van der Waals surface area contributed by atoms with Gasteiger partial charge in [-0.3, -0.25) is 0 Å². The van der Waals surface area contributed by atoms with E-state index in [9.17, 15) is 0 Å². The zero-order valence-corrected chi connectivity index (χ0v) is 25.6. The molecule has 0 aliphatic heterocycles. The van der Waals surface area contributed by atoms with Gasteiger partial charge in [-0.1, -0.05) is 117 Å². The highest BCUT2D eigenvalue weighted by Crippen LogP contribution is 2.45. The number of hydrogen-bond donors (Lipinski definition) is 1. The van der Waals surface area contributed by atoms with Crippen molar-refractivity contribution in [3.63, 3.8) is 0 Å². The van der Waals surface area contributed by atoms with E-state index in [1.165, 1.54) is 60.8 Å². The highest BCUT2D eigenvalue weighted by Gasteiger charge is 2.22. The lowest BCUT2D eigenvalue weighted by Gasteiger charge is -2.24. The monoisotopic (exact) mass is 551 g/mol. The van der Waals surface area contributed by atoms with Crippen molar-refractivity contribution in [2.75, 3.05) is 6.54 Å². The van der Waals surface area contributed by atoms with Crippen LogP contribution in [0.3, 0.4) is 0 Å². The van der Waals surface area contributed by atoms with Gasteiger partial charge >= 0.3 is 0 Å². The lowest BCUT2D eigenvalue weighted by Crippen LogP contribution is -2.03. The second kappa shape index (κ2) is 14.6. The molecule has 0 spiro atoms. The molecule has 0 heterocycles. The van der Waals surface area contributed by atoms with Crippen LogP contribution >= 0.6 is 0 Å². The number of rotatable bonds is 9. The first-order valence-electron chi connectivity index (χ1n) is 15.2. The standard InChI is InChI=1S/C32H31N.C9H14/c1-22-18-19-25(21-24(22)12-9-10-20-33)31-27-14-5-7-16-29(27)32(26-13-4-3-11-23(26)2)30-17-8-6-15-28(30)31;1-5-8(4)9(6-2)7-3/h3-7,9,11-16,18-19,21H,8,10,17,20,33H2,1-2H3;5-6,9H,1-2,4,7H2,3H3/b12-9-;. The molecule has 42 heavy (non-hydrogen) atoms. The van der Waals surface area contributed by atoms with Crippen LogP contribution in [0.4, 0.5) is 0 Å². The van der Waals surface area contributed by atoms with Crippen molar-refractivity contribution >= 4 is 22.9 Å². The SMILES string of the molecule is C=CC(=C)C(C=C)CC.Cc1ccc(-c2c3c(c(-c4ccccc4C)c4ccccc24)CCC=C3)cc1/C=C\CCN. The highest BCUT2D eigenvalue weighted by atomic mass is 14.5. The maximum Gasteiger partial charge on any atom is 0.000655 e. The van der Waals surface area contributed by atoms with Gasteiger partial charge in [-0.2, -0.15) is 0 Å². The van der Waals surface area contributed by atoms with Crippen molar-refractivity contribution in [3.05, 3.63) is 144 Å². The number of benzene rings is 4. The van der Waals surface area contributed by atoms with Gasteiger partial charge < -0.3 is 5.73 Å². The fraction of sp³-hybridized carbons (Fsp3) is 0.220. The molecule has 1 aliphatic carbocycles. The summed E-state index contributed by atoms with van der Waals surface area (Å²) in [7, 11) is 0. The van der Waals surface area contributed by atoms with Gasteiger partial charge in [-0.05, 0) is 119 Å². The van der Waals surface area contributed by atoms with E-state index in [1.807, 2.05) is 6.08 Å². The number of fused-ring (bicyclic) bond motifs is 2. The Morgan fingerprint density at radius 3 is 2.29 bits per heavy atom. The van der Waals surface area contributed by atoms with Gasteiger partial charge in [0, 0.05) is 5.92 Å². The Balaban J connectivity index is 0.000000392. The van der Waals surface area contributed by atoms with Crippen LogP contribution in [0.1, 0.15) is 54.0 Å². The zero-order chi connectivity index (χ0) is 30.1. The molecule has 0 aromatic heterocycles. The van der Waals surface area contributed by atoms with Crippen LogP contribution in [-0.4, -0.2) is 6.54 Å². The summed E-state index contributed by atoms with van der Waals surface area (Å²) >= 11 is 0. The molecule has 0 saturated heterocycles. The predicted octanol–water partition coefficient (Wildman–Crippen LogP) is 11.1. The molecule has 1 unspecified atom stereocenters. The smallest absolute Gasteiger partial charge is 0.000655 e. The molecule has 1 nitrogen and oxygen atoms in total. The molecule has 0 amide bonds. The van der Waals surface area contributed by atoms with Crippen molar-refractivity contribution in [2.45, 2.75) is 46.5 Å². The molecule has 5 rings (SSSR count). The van der Waals surface area contributed by atoms with Crippen LogP contribution in [0, 0.1) is 19.8 Å². The second-order valence-corrected chi connectivity index (χ2v) is 11.0. The van der Waals surface area contributed by atoms with Crippen LogP contribution in [0.25, 0.3) is 45.2 Å². The van der Waals surface area contributed by atoms with E-state index in [-0.39, 0.29) is 0 Å². The van der Waals surface area contributed by atoms with E-state index in [2.05, 4.69) is 132 Å². The van der Waals surface area contributed by atoms with Crippen molar-refractivity contribution in [1.29, 1.82) is 0 Å². The van der Waals surface area contributed by atoms with Crippen molar-refractivity contribution in [1.82, 2.24) is 0 Å². The molecule has 1 atom stereocenters. The highest BCUT2D eigenvalue weighted by molar-refractivity contribution is 6.10. The Bertz CT molecular complexity index is 1650. The Morgan fingerprint density at radius 2 is 1.64 bits per heavy atom. The number of nitrogens with two attached hydrogens (primary N) is 1. The summed E-state index contributed by atoms with van der Waals surface area (Å²) in [6.45, 7) is 18.3. The maximum absolute atomic E-state index is 5.70. The quantitative estimate of drug-likeness (QED) is 0.162. The molecule has 4 aromatic carbocycles. The minimum absolute atomic E-state index is 0.419. The molecule has 1 heteroatoms. The third kappa shape index (κ3) is 6.64.